The summed E-state index contributed by atoms with van der Waals surface area (Å²) in [6.07, 6.45) is -0.0956. The Balaban J connectivity index is 0.00000625. The monoisotopic (exact) mass is 478 g/mol. The van der Waals surface area contributed by atoms with Crippen LogP contribution >= 0.6 is 24.0 Å². The number of nitrogens with one attached hydrogen (secondary N) is 3. The molecule has 1 unspecified atom stereocenters. The zero-order valence-electron chi connectivity index (χ0n) is 16.4. The Bertz CT molecular complexity index is 594. The van der Waals surface area contributed by atoms with E-state index >= 15 is 0 Å². The zero-order valence-corrected chi connectivity index (χ0v) is 18.7. The molecule has 148 valence electrons. The van der Waals surface area contributed by atoms with Gasteiger partial charge in [0.25, 0.3) is 0 Å². The fourth-order valence-electron chi connectivity index (χ4n) is 2.16. The molecule has 7 nitrogen and oxygen atoms in total. The molecule has 0 heterocycles. The number of halogens is 1. The van der Waals surface area contributed by atoms with Gasteiger partial charge in [0.2, 0.25) is 5.91 Å². The van der Waals surface area contributed by atoms with Gasteiger partial charge in [0, 0.05) is 20.6 Å². The number of carbonyl (C=O) groups is 1. The van der Waals surface area contributed by atoms with Gasteiger partial charge in [-0.1, -0.05) is 12.1 Å². The highest BCUT2D eigenvalue weighted by molar-refractivity contribution is 14.0. The van der Waals surface area contributed by atoms with Gasteiger partial charge in [-0.3, -0.25) is 9.79 Å². The number of rotatable bonds is 8. The molecule has 0 fully saturated rings. The Labute approximate surface area is 173 Å². The Morgan fingerprint density at radius 2 is 1.85 bits per heavy atom. The van der Waals surface area contributed by atoms with E-state index in [-0.39, 0.29) is 36.0 Å². The minimum Gasteiger partial charge on any atom is -0.493 e. The van der Waals surface area contributed by atoms with Gasteiger partial charge in [-0.25, -0.2) is 0 Å². The van der Waals surface area contributed by atoms with Gasteiger partial charge < -0.3 is 25.4 Å². The Hall–Kier alpha value is -1.71. The minimum atomic E-state index is -0.536. The molecule has 0 saturated carbocycles. The Morgan fingerprint density at radius 1 is 1.23 bits per heavy atom. The molecule has 3 N–H and O–H groups in total. The SMILES string of the molecule is CN=C(NCC(C)Oc1ccccc1OC)NCC(C)(C)C(=O)NC.I. The number of hydrogen-bond acceptors (Lipinski definition) is 4. The van der Waals surface area contributed by atoms with Crippen molar-refractivity contribution >= 4 is 35.8 Å². The van der Waals surface area contributed by atoms with Crippen LogP contribution in [0, 0.1) is 5.41 Å². The van der Waals surface area contributed by atoms with E-state index < -0.39 is 5.41 Å². The molecule has 1 amide bonds. The number of methoxy groups -OCH3 is 1. The van der Waals surface area contributed by atoms with Crippen LogP contribution in [0.3, 0.4) is 0 Å². The number of carbonyl (C=O) groups excluding carboxylic acids is 1. The van der Waals surface area contributed by atoms with Crippen molar-refractivity contribution in [2.75, 3.05) is 34.3 Å². The summed E-state index contributed by atoms with van der Waals surface area (Å²) in [6, 6.07) is 7.53. The maximum atomic E-state index is 11.8. The van der Waals surface area contributed by atoms with E-state index in [1.54, 1.807) is 21.2 Å². The number of para-hydroxylation sites is 2. The van der Waals surface area contributed by atoms with Crippen molar-refractivity contribution < 1.29 is 14.3 Å². The quantitative estimate of drug-likeness (QED) is 0.303. The van der Waals surface area contributed by atoms with E-state index in [0.29, 0.717) is 30.5 Å². The molecule has 0 spiro atoms. The van der Waals surface area contributed by atoms with Crippen molar-refractivity contribution in [2.45, 2.75) is 26.9 Å². The second kappa shape index (κ2) is 11.8. The van der Waals surface area contributed by atoms with Crippen molar-refractivity contribution in [1.29, 1.82) is 0 Å². The summed E-state index contributed by atoms with van der Waals surface area (Å²) < 4.78 is 11.2. The van der Waals surface area contributed by atoms with Gasteiger partial charge in [0.15, 0.2) is 17.5 Å². The van der Waals surface area contributed by atoms with Gasteiger partial charge in [0.05, 0.1) is 19.1 Å². The number of aliphatic imine (C=N–C) groups is 1. The van der Waals surface area contributed by atoms with Crippen LogP contribution in [-0.4, -0.2) is 52.3 Å². The van der Waals surface area contributed by atoms with Crippen LogP contribution in [0.1, 0.15) is 20.8 Å². The predicted molar refractivity (Wildman–Crippen MR) is 116 cm³/mol. The summed E-state index contributed by atoms with van der Waals surface area (Å²) in [5.74, 6) is 1.99. The van der Waals surface area contributed by atoms with E-state index in [1.807, 2.05) is 45.0 Å². The standard InChI is InChI=1S/C18H30N4O3.HI/c1-13(25-15-10-8-7-9-14(15)24-6)11-21-17(20-5)22-12-18(2,3)16(23)19-4;/h7-10,13H,11-12H2,1-6H3,(H,19,23)(H2,20,21,22);1H. The molecule has 0 bridgehead atoms. The molecule has 0 radical (unpaired) electrons. The van der Waals surface area contributed by atoms with Crippen LogP contribution in [0.5, 0.6) is 11.5 Å². The highest BCUT2D eigenvalue weighted by Crippen LogP contribution is 2.26. The first-order valence-corrected chi connectivity index (χ1v) is 8.30. The summed E-state index contributed by atoms with van der Waals surface area (Å²) in [5, 5.41) is 9.03. The van der Waals surface area contributed by atoms with Crippen LogP contribution in [0.25, 0.3) is 0 Å². The average molecular weight is 478 g/mol. The first-order chi connectivity index (χ1) is 11.8. The van der Waals surface area contributed by atoms with E-state index in [4.69, 9.17) is 9.47 Å². The largest absolute Gasteiger partial charge is 0.493 e. The molecule has 1 aromatic rings. The smallest absolute Gasteiger partial charge is 0.227 e. The molecule has 1 atom stereocenters. The topological polar surface area (TPSA) is 84.0 Å². The molecule has 0 aliphatic heterocycles. The lowest BCUT2D eigenvalue weighted by Gasteiger charge is -2.25. The fourth-order valence-corrected chi connectivity index (χ4v) is 2.16. The first kappa shape index (κ1) is 24.3. The Kier molecular flexibility index (Phi) is 11.0. The lowest BCUT2D eigenvalue weighted by atomic mass is 9.92. The average Bonchev–Trinajstić information content (AvgIpc) is 2.61. The van der Waals surface area contributed by atoms with Crippen molar-refractivity contribution in [2.24, 2.45) is 10.4 Å². The van der Waals surface area contributed by atoms with Gasteiger partial charge in [-0.2, -0.15) is 0 Å². The molecular formula is C18H31IN4O3. The molecule has 1 rings (SSSR count). The minimum absolute atomic E-state index is 0. The van der Waals surface area contributed by atoms with E-state index in [9.17, 15) is 4.79 Å². The van der Waals surface area contributed by atoms with Crippen LogP contribution in [-0.2, 0) is 4.79 Å². The molecular weight excluding hydrogens is 447 g/mol. The lowest BCUT2D eigenvalue weighted by Crippen LogP contribution is -2.48. The molecule has 26 heavy (non-hydrogen) atoms. The third-order valence-corrected chi connectivity index (χ3v) is 3.72. The highest BCUT2D eigenvalue weighted by Gasteiger charge is 2.26. The first-order valence-electron chi connectivity index (χ1n) is 8.30. The van der Waals surface area contributed by atoms with E-state index in [0.717, 1.165) is 0 Å². The molecule has 0 saturated heterocycles. The van der Waals surface area contributed by atoms with Crippen LogP contribution in [0.4, 0.5) is 0 Å². The summed E-state index contributed by atoms with van der Waals surface area (Å²) in [4.78, 5) is 16.0. The zero-order chi connectivity index (χ0) is 18.9. The summed E-state index contributed by atoms with van der Waals surface area (Å²) in [5.41, 5.74) is -0.536. The molecule has 0 aromatic heterocycles. The number of guanidine groups is 1. The van der Waals surface area contributed by atoms with Crippen LogP contribution in [0.2, 0.25) is 0 Å². The summed E-state index contributed by atoms with van der Waals surface area (Å²) in [6.45, 7) is 6.73. The second-order valence-corrected chi connectivity index (χ2v) is 6.35. The van der Waals surface area contributed by atoms with Crippen molar-refractivity contribution in [3.63, 3.8) is 0 Å². The van der Waals surface area contributed by atoms with Crippen molar-refractivity contribution in [1.82, 2.24) is 16.0 Å². The molecule has 1 aromatic carbocycles. The number of nitrogens with zero attached hydrogens (tertiary/aromatic N) is 1. The number of benzene rings is 1. The van der Waals surface area contributed by atoms with E-state index in [1.165, 1.54) is 0 Å². The van der Waals surface area contributed by atoms with Gasteiger partial charge in [0.1, 0.15) is 6.10 Å². The van der Waals surface area contributed by atoms with Gasteiger partial charge in [-0.15, -0.1) is 24.0 Å². The number of ether oxygens (including phenoxy) is 2. The maximum absolute atomic E-state index is 11.8. The highest BCUT2D eigenvalue weighted by atomic mass is 127. The second-order valence-electron chi connectivity index (χ2n) is 6.35. The van der Waals surface area contributed by atoms with Gasteiger partial charge in [-0.05, 0) is 32.9 Å². The lowest BCUT2D eigenvalue weighted by molar-refractivity contribution is -0.128. The number of amides is 1. The van der Waals surface area contributed by atoms with Crippen LogP contribution < -0.4 is 25.4 Å². The number of hydrogen-bond donors (Lipinski definition) is 3. The third kappa shape index (κ3) is 7.67. The maximum Gasteiger partial charge on any atom is 0.227 e. The summed E-state index contributed by atoms with van der Waals surface area (Å²) in [7, 11) is 4.94. The molecule has 0 aliphatic rings. The molecule has 8 heteroatoms. The van der Waals surface area contributed by atoms with Crippen molar-refractivity contribution in [3.8, 4) is 11.5 Å². The fraction of sp³-hybridized carbons (Fsp3) is 0.556. The third-order valence-electron chi connectivity index (χ3n) is 3.72. The normalized spacial score (nSPS) is 12.5. The van der Waals surface area contributed by atoms with Crippen molar-refractivity contribution in [3.05, 3.63) is 24.3 Å². The van der Waals surface area contributed by atoms with Crippen LogP contribution in [0.15, 0.2) is 29.3 Å². The predicted octanol–water partition coefficient (Wildman–Crippen LogP) is 2.02. The van der Waals surface area contributed by atoms with E-state index in [2.05, 4.69) is 20.9 Å². The summed E-state index contributed by atoms with van der Waals surface area (Å²) >= 11 is 0. The molecule has 0 aliphatic carbocycles. The Morgan fingerprint density at radius 3 is 2.38 bits per heavy atom. The van der Waals surface area contributed by atoms with Gasteiger partial charge >= 0.3 is 0 Å².